The van der Waals surface area contributed by atoms with Gasteiger partial charge in [0.2, 0.25) is 0 Å². The highest BCUT2D eigenvalue weighted by Crippen LogP contribution is 2.15. The molecule has 134 valence electrons. The summed E-state index contributed by atoms with van der Waals surface area (Å²) in [6.07, 6.45) is 0. The molecule has 1 saturated heterocycles. The van der Waals surface area contributed by atoms with Crippen LogP contribution in [0.15, 0.2) is 45.8 Å². The van der Waals surface area contributed by atoms with E-state index in [1.807, 2.05) is 30.8 Å². The van der Waals surface area contributed by atoms with Gasteiger partial charge in [-0.1, -0.05) is 23.4 Å². The molecule has 1 aromatic heterocycles. The first-order valence-corrected chi connectivity index (χ1v) is 10.1. The van der Waals surface area contributed by atoms with Gasteiger partial charge in [-0.2, -0.15) is 0 Å². The SMILES string of the molecule is Cc1cc(C[NH+]2CCN(C(=S)NCCSc3ccccc3)CC2)no1. The van der Waals surface area contributed by atoms with E-state index in [2.05, 4.69) is 39.6 Å². The number of benzene rings is 1. The maximum Gasteiger partial charge on any atom is 0.169 e. The molecule has 2 aromatic rings. The van der Waals surface area contributed by atoms with Crippen LogP contribution < -0.4 is 10.2 Å². The van der Waals surface area contributed by atoms with E-state index in [1.54, 1.807) is 0 Å². The Bertz CT molecular complexity index is 669. The van der Waals surface area contributed by atoms with Crippen molar-refractivity contribution in [1.29, 1.82) is 0 Å². The van der Waals surface area contributed by atoms with Crippen molar-refractivity contribution in [3.05, 3.63) is 47.9 Å². The lowest BCUT2D eigenvalue weighted by Crippen LogP contribution is -3.13. The molecule has 0 atom stereocenters. The van der Waals surface area contributed by atoms with E-state index in [0.717, 1.165) is 61.6 Å². The Hall–Kier alpha value is -1.57. The molecule has 7 heteroatoms. The molecule has 0 spiro atoms. The number of thioether (sulfide) groups is 1. The van der Waals surface area contributed by atoms with Gasteiger partial charge in [-0.05, 0) is 31.3 Å². The van der Waals surface area contributed by atoms with Gasteiger partial charge in [0.15, 0.2) is 5.11 Å². The third-order valence-corrected chi connectivity index (χ3v) is 5.67. The van der Waals surface area contributed by atoms with Crippen LogP contribution in [0.3, 0.4) is 0 Å². The summed E-state index contributed by atoms with van der Waals surface area (Å²) < 4.78 is 5.15. The molecule has 0 aliphatic carbocycles. The molecule has 2 N–H and O–H groups in total. The summed E-state index contributed by atoms with van der Waals surface area (Å²) in [6.45, 7) is 7.89. The fourth-order valence-corrected chi connectivity index (χ4v) is 3.99. The van der Waals surface area contributed by atoms with Gasteiger partial charge >= 0.3 is 0 Å². The highest BCUT2D eigenvalue weighted by atomic mass is 32.2. The molecule has 0 saturated carbocycles. The maximum absolute atomic E-state index is 5.54. The lowest BCUT2D eigenvalue weighted by atomic mass is 10.3. The average Bonchev–Trinajstić information content (AvgIpc) is 3.05. The van der Waals surface area contributed by atoms with Gasteiger partial charge in [0, 0.05) is 23.3 Å². The number of nitrogens with one attached hydrogen (secondary N) is 2. The van der Waals surface area contributed by atoms with E-state index < -0.39 is 0 Å². The molecule has 5 nitrogen and oxygen atoms in total. The molecule has 2 heterocycles. The van der Waals surface area contributed by atoms with Crippen LogP contribution >= 0.6 is 24.0 Å². The minimum Gasteiger partial charge on any atom is -0.362 e. The van der Waals surface area contributed by atoms with Crippen molar-refractivity contribution in [2.24, 2.45) is 0 Å². The maximum atomic E-state index is 5.54. The second kappa shape index (κ2) is 9.22. The van der Waals surface area contributed by atoms with Crippen LogP contribution in [-0.2, 0) is 6.54 Å². The van der Waals surface area contributed by atoms with Crippen molar-refractivity contribution in [3.8, 4) is 0 Å². The molecular formula is C18H25N4OS2+. The number of hydrogen-bond donors (Lipinski definition) is 2. The van der Waals surface area contributed by atoms with Crippen molar-refractivity contribution in [3.63, 3.8) is 0 Å². The number of aromatic nitrogens is 1. The van der Waals surface area contributed by atoms with Crippen molar-refractivity contribution in [2.75, 3.05) is 38.5 Å². The largest absolute Gasteiger partial charge is 0.362 e. The lowest BCUT2D eigenvalue weighted by molar-refractivity contribution is -0.917. The van der Waals surface area contributed by atoms with E-state index in [9.17, 15) is 0 Å². The number of piperazine rings is 1. The normalized spacial score (nSPS) is 15.3. The number of thiocarbonyl (C=S) groups is 1. The quantitative estimate of drug-likeness (QED) is 0.450. The zero-order valence-corrected chi connectivity index (χ0v) is 16.2. The van der Waals surface area contributed by atoms with E-state index in [4.69, 9.17) is 16.7 Å². The van der Waals surface area contributed by atoms with Gasteiger partial charge in [-0.25, -0.2) is 0 Å². The fraction of sp³-hybridized carbons (Fsp3) is 0.444. The minimum absolute atomic E-state index is 0.880. The van der Waals surface area contributed by atoms with Gasteiger partial charge in [0.05, 0.1) is 26.2 Å². The summed E-state index contributed by atoms with van der Waals surface area (Å²) in [5, 5.41) is 8.36. The Morgan fingerprint density at radius 2 is 2.08 bits per heavy atom. The second-order valence-corrected chi connectivity index (χ2v) is 7.79. The van der Waals surface area contributed by atoms with Crippen LogP contribution in [0.2, 0.25) is 0 Å². The number of rotatable bonds is 6. The Morgan fingerprint density at radius 1 is 1.32 bits per heavy atom. The van der Waals surface area contributed by atoms with Crippen molar-refractivity contribution >= 4 is 29.1 Å². The first-order chi connectivity index (χ1) is 12.2. The summed E-state index contributed by atoms with van der Waals surface area (Å²) in [5.74, 6) is 1.90. The van der Waals surface area contributed by atoms with Crippen LogP contribution in [-0.4, -0.2) is 53.6 Å². The van der Waals surface area contributed by atoms with Crippen LogP contribution in [0.5, 0.6) is 0 Å². The first-order valence-electron chi connectivity index (χ1n) is 8.67. The predicted octanol–water partition coefficient (Wildman–Crippen LogP) is 1.35. The van der Waals surface area contributed by atoms with Crippen molar-refractivity contribution < 1.29 is 9.42 Å². The van der Waals surface area contributed by atoms with E-state index in [-0.39, 0.29) is 0 Å². The van der Waals surface area contributed by atoms with Gasteiger partial charge < -0.3 is 19.6 Å². The van der Waals surface area contributed by atoms with Gasteiger partial charge in [-0.3, -0.25) is 0 Å². The zero-order valence-electron chi connectivity index (χ0n) is 14.5. The van der Waals surface area contributed by atoms with Crippen LogP contribution in [0.4, 0.5) is 0 Å². The highest BCUT2D eigenvalue weighted by molar-refractivity contribution is 7.99. The molecule has 1 aliphatic rings. The summed E-state index contributed by atoms with van der Waals surface area (Å²) in [6, 6.07) is 12.5. The van der Waals surface area contributed by atoms with Gasteiger partial charge in [0.1, 0.15) is 18.0 Å². The molecule has 1 aliphatic heterocycles. The molecule has 1 aromatic carbocycles. The van der Waals surface area contributed by atoms with Gasteiger partial charge in [-0.15, -0.1) is 11.8 Å². The molecular weight excluding hydrogens is 352 g/mol. The molecule has 3 rings (SSSR count). The molecule has 25 heavy (non-hydrogen) atoms. The minimum atomic E-state index is 0.880. The average molecular weight is 378 g/mol. The first kappa shape index (κ1) is 18.2. The molecule has 0 unspecified atom stereocenters. The third kappa shape index (κ3) is 5.73. The van der Waals surface area contributed by atoms with Crippen LogP contribution in [0, 0.1) is 6.92 Å². The third-order valence-electron chi connectivity index (χ3n) is 4.26. The molecule has 0 bridgehead atoms. The van der Waals surface area contributed by atoms with E-state index >= 15 is 0 Å². The lowest BCUT2D eigenvalue weighted by Gasteiger charge is -2.33. The van der Waals surface area contributed by atoms with E-state index in [0.29, 0.717) is 0 Å². The smallest absolute Gasteiger partial charge is 0.169 e. The Kier molecular flexibility index (Phi) is 6.72. The zero-order chi connectivity index (χ0) is 17.5. The Labute approximate surface area is 158 Å². The molecule has 0 amide bonds. The van der Waals surface area contributed by atoms with Crippen molar-refractivity contribution in [2.45, 2.75) is 18.4 Å². The summed E-state index contributed by atoms with van der Waals surface area (Å²) >= 11 is 7.40. The topological polar surface area (TPSA) is 45.7 Å². The second-order valence-electron chi connectivity index (χ2n) is 6.24. The number of hydrogen-bond acceptors (Lipinski definition) is 4. The van der Waals surface area contributed by atoms with E-state index in [1.165, 1.54) is 9.80 Å². The number of aryl methyl sites for hydroxylation is 1. The monoisotopic (exact) mass is 377 g/mol. The highest BCUT2D eigenvalue weighted by Gasteiger charge is 2.22. The van der Waals surface area contributed by atoms with Crippen LogP contribution in [0.25, 0.3) is 0 Å². The Morgan fingerprint density at radius 3 is 2.76 bits per heavy atom. The molecule has 0 radical (unpaired) electrons. The number of nitrogens with zero attached hydrogens (tertiary/aromatic N) is 2. The summed E-state index contributed by atoms with van der Waals surface area (Å²) in [4.78, 5) is 5.11. The standard InChI is InChI=1S/C18H24N4OS2/c1-15-13-16(20-23-15)14-21-8-10-22(11-9-21)18(24)19-7-12-25-17-5-3-2-4-6-17/h2-6,13H,7-12,14H2,1H3,(H,19,24)/p+1. The number of quaternary nitrogens is 1. The van der Waals surface area contributed by atoms with Crippen molar-refractivity contribution in [1.82, 2.24) is 15.4 Å². The fourth-order valence-electron chi connectivity index (χ4n) is 2.92. The van der Waals surface area contributed by atoms with Gasteiger partial charge in [0.25, 0.3) is 0 Å². The Balaban J connectivity index is 1.32. The molecule has 1 fully saturated rings. The predicted molar refractivity (Wildman–Crippen MR) is 105 cm³/mol. The summed E-state index contributed by atoms with van der Waals surface area (Å²) in [5.41, 5.74) is 1.04. The summed E-state index contributed by atoms with van der Waals surface area (Å²) in [7, 11) is 0. The van der Waals surface area contributed by atoms with Crippen LogP contribution in [0.1, 0.15) is 11.5 Å².